The highest BCUT2D eigenvalue weighted by Crippen LogP contribution is 2.38. The number of alkyl halides is 1. The van der Waals surface area contributed by atoms with Gasteiger partial charge in [0.2, 0.25) is 5.75 Å². The molecule has 1 unspecified atom stereocenters. The molecule has 1 aromatic rings. The molecule has 0 aliphatic heterocycles. The Morgan fingerprint density at radius 3 is 2.00 bits per heavy atom. The van der Waals surface area contributed by atoms with E-state index in [1.165, 1.54) is 0 Å². The number of methoxy groups -OCH3 is 3. The van der Waals surface area contributed by atoms with Crippen molar-refractivity contribution >= 4 is 11.6 Å². The molecule has 1 rings (SSSR count). The van der Waals surface area contributed by atoms with Gasteiger partial charge in [0.25, 0.3) is 0 Å². The number of benzene rings is 1. The maximum Gasteiger partial charge on any atom is 0.203 e. The van der Waals surface area contributed by atoms with Crippen molar-refractivity contribution in [3.05, 3.63) is 17.7 Å². The lowest BCUT2D eigenvalue weighted by Crippen LogP contribution is -2.24. The van der Waals surface area contributed by atoms with Gasteiger partial charge in [-0.15, -0.1) is 11.6 Å². The predicted molar refractivity (Wildman–Crippen MR) is 68.5 cm³/mol. The van der Waals surface area contributed by atoms with E-state index in [1.807, 2.05) is 12.1 Å². The van der Waals surface area contributed by atoms with Gasteiger partial charge in [0, 0.05) is 11.9 Å². The van der Waals surface area contributed by atoms with Gasteiger partial charge in [-0.1, -0.05) is 0 Å². The summed E-state index contributed by atoms with van der Waals surface area (Å²) in [5, 5.41) is 0. The average Bonchev–Trinajstić information content (AvgIpc) is 2.37. The summed E-state index contributed by atoms with van der Waals surface area (Å²) in [6.45, 7) is 0. The molecular formula is C12H18ClNO3. The second kappa shape index (κ2) is 6.57. The summed E-state index contributed by atoms with van der Waals surface area (Å²) in [6.07, 6.45) is 0.667. The Balaban J connectivity index is 3.08. The summed E-state index contributed by atoms with van der Waals surface area (Å²) in [5.41, 5.74) is 6.82. The van der Waals surface area contributed by atoms with Gasteiger partial charge in [0.1, 0.15) is 0 Å². The fraction of sp³-hybridized carbons (Fsp3) is 0.500. The van der Waals surface area contributed by atoms with Gasteiger partial charge in [-0.3, -0.25) is 0 Å². The summed E-state index contributed by atoms with van der Waals surface area (Å²) in [6, 6.07) is 3.68. The van der Waals surface area contributed by atoms with Crippen LogP contribution in [0.25, 0.3) is 0 Å². The van der Waals surface area contributed by atoms with Crippen LogP contribution in [0.15, 0.2) is 12.1 Å². The molecule has 0 spiro atoms. The standard InChI is InChI=1S/C12H18ClNO3/c1-15-10-5-8(4-9(14)7-13)6-11(16-2)12(10)17-3/h5-6,9H,4,7,14H2,1-3H3. The second-order valence-electron chi connectivity index (χ2n) is 3.65. The number of halogens is 1. The Morgan fingerprint density at radius 2 is 1.65 bits per heavy atom. The van der Waals surface area contributed by atoms with Gasteiger partial charge in [0.05, 0.1) is 21.3 Å². The number of rotatable bonds is 6. The Kier molecular flexibility index (Phi) is 5.38. The van der Waals surface area contributed by atoms with Crippen LogP contribution in [-0.4, -0.2) is 33.3 Å². The zero-order chi connectivity index (χ0) is 12.8. The summed E-state index contributed by atoms with van der Waals surface area (Å²) in [4.78, 5) is 0. The van der Waals surface area contributed by atoms with E-state index in [4.69, 9.17) is 31.5 Å². The smallest absolute Gasteiger partial charge is 0.203 e. The zero-order valence-electron chi connectivity index (χ0n) is 10.3. The minimum absolute atomic E-state index is 0.0838. The fourth-order valence-corrected chi connectivity index (χ4v) is 1.72. The summed E-state index contributed by atoms with van der Waals surface area (Å²) >= 11 is 5.70. The molecular weight excluding hydrogens is 242 g/mol. The van der Waals surface area contributed by atoms with Crippen molar-refractivity contribution in [2.45, 2.75) is 12.5 Å². The predicted octanol–water partition coefficient (Wildman–Crippen LogP) is 1.82. The first kappa shape index (κ1) is 13.9. The molecule has 0 amide bonds. The molecule has 0 aromatic heterocycles. The maximum absolute atomic E-state index is 5.81. The average molecular weight is 260 g/mol. The van der Waals surface area contributed by atoms with Gasteiger partial charge in [-0.25, -0.2) is 0 Å². The Hall–Kier alpha value is -1.13. The van der Waals surface area contributed by atoms with Gasteiger partial charge in [-0.2, -0.15) is 0 Å². The van der Waals surface area contributed by atoms with Crippen LogP contribution in [0, 0.1) is 0 Å². The van der Waals surface area contributed by atoms with Crippen LogP contribution in [0.2, 0.25) is 0 Å². The van der Waals surface area contributed by atoms with Crippen molar-refractivity contribution in [3.8, 4) is 17.2 Å². The highest BCUT2D eigenvalue weighted by molar-refractivity contribution is 6.18. The third-order valence-electron chi connectivity index (χ3n) is 2.42. The van der Waals surface area contributed by atoms with E-state index in [0.29, 0.717) is 29.5 Å². The second-order valence-corrected chi connectivity index (χ2v) is 3.96. The highest BCUT2D eigenvalue weighted by Gasteiger charge is 2.14. The van der Waals surface area contributed by atoms with Gasteiger partial charge < -0.3 is 19.9 Å². The first-order valence-corrected chi connectivity index (χ1v) is 5.80. The molecule has 2 N–H and O–H groups in total. The number of ether oxygens (including phenoxy) is 3. The first-order chi connectivity index (χ1) is 8.15. The lowest BCUT2D eigenvalue weighted by atomic mass is 10.1. The summed E-state index contributed by atoms with van der Waals surface area (Å²) < 4.78 is 15.7. The van der Waals surface area contributed by atoms with Crippen LogP contribution in [0.4, 0.5) is 0 Å². The van der Waals surface area contributed by atoms with Crippen molar-refractivity contribution in [1.82, 2.24) is 0 Å². The third kappa shape index (κ3) is 3.41. The molecule has 0 aliphatic carbocycles. The van der Waals surface area contributed by atoms with E-state index in [9.17, 15) is 0 Å². The zero-order valence-corrected chi connectivity index (χ0v) is 11.1. The van der Waals surface area contributed by atoms with E-state index >= 15 is 0 Å². The largest absolute Gasteiger partial charge is 0.493 e. The topological polar surface area (TPSA) is 53.7 Å². The lowest BCUT2D eigenvalue weighted by molar-refractivity contribution is 0.323. The van der Waals surface area contributed by atoms with Crippen LogP contribution in [0.1, 0.15) is 5.56 Å². The van der Waals surface area contributed by atoms with Crippen LogP contribution in [-0.2, 0) is 6.42 Å². The quantitative estimate of drug-likeness (QED) is 0.792. The molecule has 0 bridgehead atoms. The Labute approximate surface area is 107 Å². The van der Waals surface area contributed by atoms with Crippen LogP contribution in [0.5, 0.6) is 17.2 Å². The third-order valence-corrected chi connectivity index (χ3v) is 2.82. The number of hydrogen-bond acceptors (Lipinski definition) is 4. The summed E-state index contributed by atoms with van der Waals surface area (Å²) in [7, 11) is 4.75. The van der Waals surface area contributed by atoms with Crippen LogP contribution < -0.4 is 19.9 Å². The lowest BCUT2D eigenvalue weighted by Gasteiger charge is -2.15. The fourth-order valence-electron chi connectivity index (χ4n) is 1.61. The highest BCUT2D eigenvalue weighted by atomic mass is 35.5. The monoisotopic (exact) mass is 259 g/mol. The molecule has 0 saturated carbocycles. The molecule has 17 heavy (non-hydrogen) atoms. The van der Waals surface area contributed by atoms with E-state index in [0.717, 1.165) is 5.56 Å². The minimum Gasteiger partial charge on any atom is -0.493 e. The maximum atomic E-state index is 5.81. The number of hydrogen-bond donors (Lipinski definition) is 1. The van der Waals surface area contributed by atoms with Crippen LogP contribution in [0.3, 0.4) is 0 Å². The summed E-state index contributed by atoms with van der Waals surface area (Å²) in [5.74, 6) is 2.25. The molecule has 0 radical (unpaired) electrons. The van der Waals surface area contributed by atoms with Crippen molar-refractivity contribution in [2.24, 2.45) is 5.73 Å². The van der Waals surface area contributed by atoms with Gasteiger partial charge >= 0.3 is 0 Å². The van der Waals surface area contributed by atoms with Crippen molar-refractivity contribution in [2.75, 3.05) is 27.2 Å². The van der Waals surface area contributed by atoms with E-state index in [2.05, 4.69) is 0 Å². The molecule has 0 heterocycles. The van der Waals surface area contributed by atoms with Crippen molar-refractivity contribution < 1.29 is 14.2 Å². The Bertz CT molecular complexity index is 346. The minimum atomic E-state index is -0.0838. The molecule has 0 fully saturated rings. The van der Waals surface area contributed by atoms with Gasteiger partial charge in [-0.05, 0) is 24.1 Å². The molecule has 96 valence electrons. The molecule has 0 saturated heterocycles. The van der Waals surface area contributed by atoms with E-state index < -0.39 is 0 Å². The first-order valence-electron chi connectivity index (χ1n) is 5.26. The van der Waals surface area contributed by atoms with E-state index in [-0.39, 0.29) is 6.04 Å². The van der Waals surface area contributed by atoms with Gasteiger partial charge in [0.15, 0.2) is 11.5 Å². The number of nitrogens with two attached hydrogens (primary N) is 1. The van der Waals surface area contributed by atoms with Crippen molar-refractivity contribution in [3.63, 3.8) is 0 Å². The molecule has 1 atom stereocenters. The Morgan fingerprint density at radius 1 is 1.12 bits per heavy atom. The molecule has 5 heteroatoms. The van der Waals surface area contributed by atoms with Crippen LogP contribution >= 0.6 is 11.6 Å². The molecule has 0 aliphatic rings. The normalized spacial score (nSPS) is 12.1. The van der Waals surface area contributed by atoms with E-state index in [1.54, 1.807) is 21.3 Å². The molecule has 1 aromatic carbocycles. The SMILES string of the molecule is COc1cc(CC(N)CCl)cc(OC)c1OC. The van der Waals surface area contributed by atoms with Crippen molar-refractivity contribution in [1.29, 1.82) is 0 Å². The molecule has 4 nitrogen and oxygen atoms in total.